The van der Waals surface area contributed by atoms with Gasteiger partial charge in [0.15, 0.2) is 0 Å². The summed E-state index contributed by atoms with van der Waals surface area (Å²) in [4.78, 5) is 17.4. The van der Waals surface area contributed by atoms with Crippen LogP contribution in [0.4, 0.5) is 0 Å². The zero-order chi connectivity index (χ0) is 19.5. The summed E-state index contributed by atoms with van der Waals surface area (Å²) in [5.74, 6) is 2.37. The minimum Gasteiger partial charge on any atom is -0.496 e. The SMILES string of the molecule is C=C(COc1ccc(Cl)c(Cl)c1)CSc1ccc(OC)c(C)c1.O=C=O. The molecule has 0 aliphatic heterocycles. The summed E-state index contributed by atoms with van der Waals surface area (Å²) < 4.78 is 10.9. The van der Waals surface area contributed by atoms with Crippen LogP contribution in [-0.2, 0) is 9.59 Å². The molecule has 0 spiro atoms. The molecule has 138 valence electrons. The number of aryl methyl sites for hydroxylation is 1. The van der Waals surface area contributed by atoms with Crippen molar-refractivity contribution in [2.24, 2.45) is 0 Å². The van der Waals surface area contributed by atoms with E-state index in [1.807, 2.05) is 19.1 Å². The Balaban J connectivity index is 0.00000105. The Bertz CT molecular complexity index is 787. The molecule has 0 N–H and O–H groups in total. The van der Waals surface area contributed by atoms with Gasteiger partial charge in [-0.2, -0.15) is 9.59 Å². The molecule has 2 aromatic rings. The van der Waals surface area contributed by atoms with Crippen LogP contribution in [0.3, 0.4) is 0 Å². The number of hydrogen-bond acceptors (Lipinski definition) is 5. The van der Waals surface area contributed by atoms with Crippen LogP contribution in [-0.4, -0.2) is 25.6 Å². The van der Waals surface area contributed by atoms with Crippen molar-refractivity contribution in [3.8, 4) is 11.5 Å². The van der Waals surface area contributed by atoms with Gasteiger partial charge < -0.3 is 9.47 Å². The molecule has 0 saturated carbocycles. The Morgan fingerprint density at radius 1 is 1.15 bits per heavy atom. The van der Waals surface area contributed by atoms with Crippen molar-refractivity contribution in [3.63, 3.8) is 0 Å². The Kier molecular flexibility index (Phi) is 9.92. The molecule has 7 heteroatoms. The quantitative estimate of drug-likeness (QED) is 0.446. The highest BCUT2D eigenvalue weighted by atomic mass is 35.5. The Labute approximate surface area is 167 Å². The number of rotatable bonds is 7. The maximum absolute atomic E-state index is 8.12. The third-order valence-corrected chi connectivity index (χ3v) is 5.02. The summed E-state index contributed by atoms with van der Waals surface area (Å²) in [5.41, 5.74) is 2.12. The first-order valence-corrected chi connectivity index (χ1v) is 9.16. The number of hydrogen-bond donors (Lipinski definition) is 0. The van der Waals surface area contributed by atoms with E-state index in [0.29, 0.717) is 22.4 Å². The number of ether oxygens (including phenoxy) is 2. The standard InChI is InChI=1S/C18H18Cl2O2S.CO2/c1-12(10-22-14-4-6-16(19)17(20)9-14)11-23-15-5-7-18(21-3)13(2)8-15;2-1-3/h4-9H,1,10-11H2,2-3H3;. The van der Waals surface area contributed by atoms with E-state index in [-0.39, 0.29) is 6.15 Å². The minimum absolute atomic E-state index is 0.250. The van der Waals surface area contributed by atoms with Gasteiger partial charge in [-0.05, 0) is 48.4 Å². The average molecular weight is 413 g/mol. The first kappa shape index (κ1) is 22.1. The van der Waals surface area contributed by atoms with Crippen molar-refractivity contribution in [3.05, 3.63) is 64.2 Å². The van der Waals surface area contributed by atoms with Gasteiger partial charge in [0.25, 0.3) is 0 Å². The van der Waals surface area contributed by atoms with Crippen molar-refractivity contribution in [2.75, 3.05) is 19.5 Å². The van der Waals surface area contributed by atoms with Gasteiger partial charge in [-0.1, -0.05) is 29.8 Å². The van der Waals surface area contributed by atoms with Crippen molar-refractivity contribution < 1.29 is 19.1 Å². The highest BCUT2D eigenvalue weighted by molar-refractivity contribution is 7.99. The van der Waals surface area contributed by atoms with E-state index >= 15 is 0 Å². The maximum Gasteiger partial charge on any atom is 0.373 e. The van der Waals surface area contributed by atoms with Crippen LogP contribution in [0.5, 0.6) is 11.5 Å². The number of thioether (sulfide) groups is 1. The summed E-state index contributed by atoms with van der Waals surface area (Å²) in [7, 11) is 1.68. The minimum atomic E-state index is 0.250. The molecule has 2 rings (SSSR count). The van der Waals surface area contributed by atoms with Gasteiger partial charge in [-0.15, -0.1) is 11.8 Å². The van der Waals surface area contributed by atoms with Gasteiger partial charge in [0.1, 0.15) is 18.1 Å². The molecule has 0 unspecified atom stereocenters. The predicted octanol–water partition coefficient (Wildman–Crippen LogP) is 5.45. The summed E-state index contributed by atoms with van der Waals surface area (Å²) in [6, 6.07) is 11.3. The summed E-state index contributed by atoms with van der Waals surface area (Å²) in [5, 5.41) is 1.00. The van der Waals surface area contributed by atoms with Gasteiger partial charge in [0.2, 0.25) is 0 Å². The number of methoxy groups -OCH3 is 1. The lowest BCUT2D eigenvalue weighted by atomic mass is 10.2. The lowest BCUT2D eigenvalue weighted by Gasteiger charge is -2.10. The van der Waals surface area contributed by atoms with Crippen molar-refractivity contribution >= 4 is 41.1 Å². The maximum atomic E-state index is 8.12. The fourth-order valence-electron chi connectivity index (χ4n) is 1.92. The predicted molar refractivity (Wildman–Crippen MR) is 105 cm³/mol. The molecule has 0 aliphatic rings. The van der Waals surface area contributed by atoms with Crippen molar-refractivity contribution in [2.45, 2.75) is 11.8 Å². The first-order chi connectivity index (χ1) is 12.4. The molecule has 0 atom stereocenters. The lowest BCUT2D eigenvalue weighted by molar-refractivity contribution is -0.191. The molecule has 0 bridgehead atoms. The van der Waals surface area contributed by atoms with Crippen LogP contribution in [0.15, 0.2) is 53.4 Å². The Morgan fingerprint density at radius 3 is 2.42 bits per heavy atom. The highest BCUT2D eigenvalue weighted by Crippen LogP contribution is 2.28. The van der Waals surface area contributed by atoms with Gasteiger partial charge in [-0.3, -0.25) is 0 Å². The van der Waals surface area contributed by atoms with Crippen LogP contribution >= 0.6 is 35.0 Å². The largest absolute Gasteiger partial charge is 0.496 e. The molecule has 4 nitrogen and oxygen atoms in total. The van der Waals surface area contributed by atoms with Crippen LogP contribution < -0.4 is 9.47 Å². The molecule has 0 fully saturated rings. The van der Waals surface area contributed by atoms with E-state index in [0.717, 1.165) is 22.6 Å². The zero-order valence-electron chi connectivity index (χ0n) is 14.4. The number of carbonyl (C=O) groups excluding carboxylic acids is 2. The number of halogens is 2. The molecule has 26 heavy (non-hydrogen) atoms. The molecule has 0 amide bonds. The van der Waals surface area contributed by atoms with Crippen LogP contribution in [0.1, 0.15) is 5.56 Å². The van der Waals surface area contributed by atoms with E-state index in [2.05, 4.69) is 12.6 Å². The molecular weight excluding hydrogens is 395 g/mol. The molecule has 0 saturated heterocycles. The van der Waals surface area contributed by atoms with Gasteiger partial charge >= 0.3 is 6.15 Å². The van der Waals surface area contributed by atoms with Crippen molar-refractivity contribution in [1.82, 2.24) is 0 Å². The first-order valence-electron chi connectivity index (χ1n) is 7.42. The molecule has 2 aromatic carbocycles. The Hall–Kier alpha value is -1.91. The van der Waals surface area contributed by atoms with Crippen LogP contribution in [0, 0.1) is 6.92 Å². The fraction of sp³-hybridized carbons (Fsp3) is 0.211. The van der Waals surface area contributed by atoms with Crippen LogP contribution in [0.25, 0.3) is 0 Å². The van der Waals surface area contributed by atoms with E-state index in [9.17, 15) is 0 Å². The third kappa shape index (κ3) is 7.54. The topological polar surface area (TPSA) is 52.6 Å². The van der Waals surface area contributed by atoms with E-state index in [1.54, 1.807) is 37.1 Å². The second kappa shape index (κ2) is 11.7. The molecular formula is C19H18Cl2O4S. The summed E-state index contributed by atoms with van der Waals surface area (Å²) in [6.07, 6.45) is 0.250. The second-order valence-electron chi connectivity index (χ2n) is 5.12. The van der Waals surface area contributed by atoms with Gasteiger partial charge in [0, 0.05) is 16.7 Å². The molecule has 0 radical (unpaired) electrons. The highest BCUT2D eigenvalue weighted by Gasteiger charge is 2.04. The lowest BCUT2D eigenvalue weighted by Crippen LogP contribution is -2.02. The molecule has 0 heterocycles. The van der Waals surface area contributed by atoms with E-state index in [4.69, 9.17) is 42.3 Å². The van der Waals surface area contributed by atoms with E-state index < -0.39 is 0 Å². The number of benzene rings is 2. The van der Waals surface area contributed by atoms with Crippen LogP contribution in [0.2, 0.25) is 10.0 Å². The van der Waals surface area contributed by atoms with Gasteiger partial charge in [-0.25, -0.2) is 0 Å². The average Bonchev–Trinajstić information content (AvgIpc) is 2.61. The fourth-order valence-corrected chi connectivity index (χ4v) is 3.09. The molecule has 0 aromatic heterocycles. The smallest absolute Gasteiger partial charge is 0.373 e. The second-order valence-corrected chi connectivity index (χ2v) is 6.98. The summed E-state index contributed by atoms with van der Waals surface area (Å²) in [6.45, 7) is 6.53. The van der Waals surface area contributed by atoms with Gasteiger partial charge in [0.05, 0.1) is 17.2 Å². The monoisotopic (exact) mass is 412 g/mol. The normalized spacial score (nSPS) is 9.54. The summed E-state index contributed by atoms with van der Waals surface area (Å²) >= 11 is 13.6. The molecule has 0 aliphatic carbocycles. The third-order valence-electron chi connectivity index (χ3n) is 3.14. The zero-order valence-corrected chi connectivity index (χ0v) is 16.7. The van der Waals surface area contributed by atoms with E-state index in [1.165, 1.54) is 4.90 Å². The Morgan fingerprint density at radius 2 is 1.85 bits per heavy atom. The van der Waals surface area contributed by atoms with Crippen molar-refractivity contribution in [1.29, 1.82) is 0 Å².